The van der Waals surface area contributed by atoms with Gasteiger partial charge in [0.1, 0.15) is 11.9 Å². The molecule has 2 nitrogen and oxygen atoms in total. The summed E-state index contributed by atoms with van der Waals surface area (Å²) in [7, 11) is 0. The molecule has 0 aromatic heterocycles. The molecule has 2 aliphatic rings. The lowest BCUT2D eigenvalue weighted by Crippen LogP contribution is -2.31. The minimum Gasteiger partial charge on any atom is -0.488 e. The second-order valence-corrected chi connectivity index (χ2v) is 7.60. The average Bonchev–Trinajstić information content (AvgIpc) is 3.24. The van der Waals surface area contributed by atoms with Crippen molar-refractivity contribution in [2.24, 2.45) is 5.73 Å². The Balaban J connectivity index is 1.74. The number of rotatable bonds is 4. The normalized spacial score (nSPS) is 26.1. The van der Waals surface area contributed by atoms with E-state index < -0.39 is 0 Å². The Kier molecular flexibility index (Phi) is 4.21. The van der Waals surface area contributed by atoms with E-state index in [-0.39, 0.29) is 11.5 Å². The molecule has 110 valence electrons. The number of nitrogens with two attached hydrogens (primary N) is 1. The van der Waals surface area contributed by atoms with E-state index in [4.69, 9.17) is 22.1 Å². The van der Waals surface area contributed by atoms with Gasteiger partial charge in [0.15, 0.2) is 0 Å². The minimum atomic E-state index is 0.156. The highest BCUT2D eigenvalue weighted by Gasteiger charge is 2.47. The van der Waals surface area contributed by atoms with Crippen LogP contribution in [0, 0.1) is 0 Å². The van der Waals surface area contributed by atoms with Gasteiger partial charge in [-0.1, -0.05) is 17.7 Å². The van der Waals surface area contributed by atoms with E-state index in [2.05, 4.69) is 19.1 Å². The fraction of sp³-hybridized carbons (Fsp3) is 0.625. The van der Waals surface area contributed by atoms with Gasteiger partial charge in [-0.25, -0.2) is 0 Å². The number of ether oxygens (including phenoxy) is 1. The molecule has 0 amide bonds. The first-order valence-corrected chi connectivity index (χ1v) is 8.95. The average molecular weight is 312 g/mol. The van der Waals surface area contributed by atoms with Crippen molar-refractivity contribution in [1.29, 1.82) is 0 Å². The molecule has 0 spiro atoms. The monoisotopic (exact) mass is 311 g/mol. The summed E-state index contributed by atoms with van der Waals surface area (Å²) in [6, 6.07) is 6.41. The molecule has 1 saturated heterocycles. The van der Waals surface area contributed by atoms with Crippen LogP contribution in [0.2, 0.25) is 5.02 Å². The van der Waals surface area contributed by atoms with Gasteiger partial charge in [-0.15, -0.1) is 0 Å². The van der Waals surface area contributed by atoms with Crippen LogP contribution in [-0.4, -0.2) is 23.7 Å². The van der Waals surface area contributed by atoms with Gasteiger partial charge in [0, 0.05) is 17.2 Å². The lowest BCUT2D eigenvalue weighted by molar-refractivity contribution is 0.211. The van der Waals surface area contributed by atoms with Crippen LogP contribution in [0.3, 0.4) is 0 Å². The molecule has 1 aromatic rings. The van der Waals surface area contributed by atoms with Gasteiger partial charge >= 0.3 is 0 Å². The quantitative estimate of drug-likeness (QED) is 0.913. The SMILES string of the molecule is CC(N)C1(c2ccc(OC3CCCSC3)c(Cl)c2)CC1. The number of hydrogen-bond acceptors (Lipinski definition) is 3. The zero-order valence-corrected chi connectivity index (χ0v) is 13.5. The highest BCUT2D eigenvalue weighted by molar-refractivity contribution is 7.99. The van der Waals surface area contributed by atoms with E-state index in [0.29, 0.717) is 6.10 Å². The molecular formula is C16H22ClNOS. The second-order valence-electron chi connectivity index (χ2n) is 6.05. The van der Waals surface area contributed by atoms with Crippen LogP contribution in [0.5, 0.6) is 5.75 Å². The molecule has 0 radical (unpaired) electrons. The Morgan fingerprint density at radius 3 is 2.80 bits per heavy atom. The van der Waals surface area contributed by atoms with Crippen molar-refractivity contribution in [3.05, 3.63) is 28.8 Å². The van der Waals surface area contributed by atoms with Crippen molar-refractivity contribution in [3.63, 3.8) is 0 Å². The summed E-state index contributed by atoms with van der Waals surface area (Å²) in [5.41, 5.74) is 7.55. The molecule has 3 rings (SSSR count). The smallest absolute Gasteiger partial charge is 0.138 e. The van der Waals surface area contributed by atoms with E-state index in [1.807, 2.05) is 17.8 Å². The molecule has 1 saturated carbocycles. The highest BCUT2D eigenvalue weighted by atomic mass is 35.5. The van der Waals surface area contributed by atoms with Crippen molar-refractivity contribution < 1.29 is 4.74 Å². The van der Waals surface area contributed by atoms with Crippen molar-refractivity contribution >= 4 is 23.4 Å². The van der Waals surface area contributed by atoms with Crippen LogP contribution in [0.4, 0.5) is 0 Å². The molecule has 1 aromatic carbocycles. The third-order valence-corrected chi connectivity index (χ3v) is 6.06. The molecule has 1 heterocycles. The van der Waals surface area contributed by atoms with Crippen molar-refractivity contribution in [2.45, 2.75) is 50.2 Å². The summed E-state index contributed by atoms with van der Waals surface area (Å²) in [4.78, 5) is 0. The van der Waals surface area contributed by atoms with Crippen LogP contribution >= 0.6 is 23.4 Å². The first-order chi connectivity index (χ1) is 9.62. The first-order valence-electron chi connectivity index (χ1n) is 7.42. The van der Waals surface area contributed by atoms with Crippen molar-refractivity contribution in [1.82, 2.24) is 0 Å². The Hall–Kier alpha value is -0.380. The molecule has 2 atom stereocenters. The fourth-order valence-corrected chi connectivity index (χ4v) is 4.29. The molecule has 0 bridgehead atoms. The van der Waals surface area contributed by atoms with E-state index in [9.17, 15) is 0 Å². The first kappa shape index (κ1) is 14.6. The van der Waals surface area contributed by atoms with Crippen LogP contribution < -0.4 is 10.5 Å². The Labute approximate surface area is 130 Å². The van der Waals surface area contributed by atoms with Gasteiger partial charge in [0.2, 0.25) is 0 Å². The van der Waals surface area contributed by atoms with Gasteiger partial charge in [0.05, 0.1) is 5.02 Å². The fourth-order valence-electron chi connectivity index (χ4n) is 3.03. The molecule has 2 N–H and O–H groups in total. The molecule has 4 heteroatoms. The van der Waals surface area contributed by atoms with Crippen LogP contribution in [0.25, 0.3) is 0 Å². The Morgan fingerprint density at radius 2 is 2.25 bits per heavy atom. The zero-order chi connectivity index (χ0) is 14.2. The van der Waals surface area contributed by atoms with Crippen molar-refractivity contribution in [3.8, 4) is 5.75 Å². The maximum Gasteiger partial charge on any atom is 0.138 e. The maximum absolute atomic E-state index is 6.41. The topological polar surface area (TPSA) is 35.2 Å². The van der Waals surface area contributed by atoms with Crippen LogP contribution in [0.15, 0.2) is 18.2 Å². The van der Waals surface area contributed by atoms with Gasteiger partial charge in [0.25, 0.3) is 0 Å². The molecule has 2 fully saturated rings. The van der Waals surface area contributed by atoms with Crippen LogP contribution in [-0.2, 0) is 5.41 Å². The largest absolute Gasteiger partial charge is 0.488 e. The third-order valence-electron chi connectivity index (χ3n) is 4.58. The molecule has 20 heavy (non-hydrogen) atoms. The number of benzene rings is 1. The molecular weight excluding hydrogens is 290 g/mol. The highest BCUT2D eigenvalue weighted by Crippen LogP contribution is 2.51. The number of thioether (sulfide) groups is 1. The molecule has 1 aliphatic carbocycles. The van der Waals surface area contributed by atoms with Crippen LogP contribution in [0.1, 0.15) is 38.2 Å². The van der Waals surface area contributed by atoms with Gasteiger partial charge in [-0.3, -0.25) is 0 Å². The summed E-state index contributed by atoms with van der Waals surface area (Å²) in [6.45, 7) is 2.09. The Bertz CT molecular complexity index is 481. The lowest BCUT2D eigenvalue weighted by atomic mass is 9.89. The summed E-state index contributed by atoms with van der Waals surface area (Å²) >= 11 is 8.38. The minimum absolute atomic E-state index is 0.156. The Morgan fingerprint density at radius 1 is 1.45 bits per heavy atom. The predicted molar refractivity (Wildman–Crippen MR) is 87.0 cm³/mol. The van der Waals surface area contributed by atoms with Gasteiger partial charge in [-0.05, 0) is 56.1 Å². The van der Waals surface area contributed by atoms with Gasteiger partial charge < -0.3 is 10.5 Å². The standard InChI is InChI=1S/C16H22ClNOS/c1-11(18)16(6-7-16)12-4-5-15(14(17)9-12)19-13-3-2-8-20-10-13/h4-5,9,11,13H,2-3,6-8,10,18H2,1H3. The third kappa shape index (κ3) is 2.81. The predicted octanol–water partition coefficient (Wildman–Crippen LogP) is 3.99. The number of hydrogen-bond donors (Lipinski definition) is 1. The summed E-state index contributed by atoms with van der Waals surface area (Å²) in [5, 5.41) is 0.727. The second kappa shape index (κ2) is 5.78. The zero-order valence-electron chi connectivity index (χ0n) is 11.9. The summed E-state index contributed by atoms with van der Waals surface area (Å²) in [6.07, 6.45) is 5.01. The molecule has 2 unspecified atom stereocenters. The maximum atomic E-state index is 6.41. The van der Waals surface area contributed by atoms with E-state index in [1.54, 1.807) is 0 Å². The molecule has 1 aliphatic heterocycles. The number of halogens is 1. The lowest BCUT2D eigenvalue weighted by Gasteiger charge is -2.24. The van der Waals surface area contributed by atoms with E-state index in [1.165, 1.54) is 30.6 Å². The van der Waals surface area contributed by atoms with Gasteiger partial charge in [-0.2, -0.15) is 11.8 Å². The van der Waals surface area contributed by atoms with Crippen molar-refractivity contribution in [2.75, 3.05) is 11.5 Å². The summed E-state index contributed by atoms with van der Waals surface area (Å²) in [5.74, 6) is 3.15. The van der Waals surface area contributed by atoms with E-state index in [0.717, 1.165) is 22.9 Å². The van der Waals surface area contributed by atoms with E-state index >= 15 is 0 Å². The summed E-state index contributed by atoms with van der Waals surface area (Å²) < 4.78 is 6.05.